The third-order valence-electron chi connectivity index (χ3n) is 1.56. The van der Waals surface area contributed by atoms with Gasteiger partial charge in [0.2, 0.25) is 0 Å². The molecule has 0 radical (unpaired) electrons. The Kier molecular flexibility index (Phi) is 6.87. The average Bonchev–Trinajstić information content (AvgIpc) is 2.20. The summed E-state index contributed by atoms with van der Waals surface area (Å²) in [6.45, 7) is 6.13. The highest BCUT2D eigenvalue weighted by Gasteiger charge is 1.95. The molecule has 0 N–H and O–H groups in total. The molecule has 1 heterocycles. The van der Waals surface area contributed by atoms with Gasteiger partial charge in [0.15, 0.2) is 0 Å². The van der Waals surface area contributed by atoms with Crippen molar-refractivity contribution in [3.63, 3.8) is 0 Å². The van der Waals surface area contributed by atoms with E-state index in [0.29, 0.717) is 0 Å². The highest BCUT2D eigenvalue weighted by Crippen LogP contribution is 2.09. The van der Waals surface area contributed by atoms with Gasteiger partial charge in [-0.25, -0.2) is 0 Å². The highest BCUT2D eigenvalue weighted by atomic mass is 32.1. The van der Waals surface area contributed by atoms with E-state index in [0.717, 1.165) is 12.2 Å². The van der Waals surface area contributed by atoms with Crippen LogP contribution >= 0.6 is 12.6 Å². The summed E-state index contributed by atoms with van der Waals surface area (Å²) in [6, 6.07) is 2.02. The Morgan fingerprint density at radius 1 is 1.33 bits per heavy atom. The molecule has 0 saturated heterocycles. The lowest BCUT2D eigenvalue weighted by atomic mass is 10.1. The number of nitrogens with zero attached hydrogens (tertiary/aromatic N) is 1. The van der Waals surface area contributed by atoms with Gasteiger partial charge >= 0.3 is 0 Å². The first-order valence-electron chi connectivity index (χ1n) is 4.41. The standard InChI is InChI=1S/C8H11NS.C2H6/c1-2-7-5-9-4-3-8(7)6-10;1-2/h3-5,10H,2,6H2,1H3;1-2H3. The zero-order valence-electron chi connectivity index (χ0n) is 8.04. The summed E-state index contributed by atoms with van der Waals surface area (Å²) >= 11 is 4.21. The second-order valence-corrected chi connectivity index (χ2v) is 2.47. The molecule has 0 amide bonds. The van der Waals surface area contributed by atoms with Crippen molar-refractivity contribution in [3.8, 4) is 0 Å². The van der Waals surface area contributed by atoms with E-state index >= 15 is 0 Å². The largest absolute Gasteiger partial charge is 0.264 e. The maximum atomic E-state index is 4.21. The number of pyridine rings is 1. The van der Waals surface area contributed by atoms with Crippen LogP contribution in [-0.4, -0.2) is 4.98 Å². The molecule has 0 aliphatic carbocycles. The fourth-order valence-corrected chi connectivity index (χ4v) is 1.24. The van der Waals surface area contributed by atoms with Gasteiger partial charge in [0.25, 0.3) is 0 Å². The van der Waals surface area contributed by atoms with Gasteiger partial charge in [-0.3, -0.25) is 4.98 Å². The molecule has 2 heteroatoms. The molecule has 0 aromatic carbocycles. The van der Waals surface area contributed by atoms with Crippen LogP contribution in [-0.2, 0) is 12.2 Å². The highest BCUT2D eigenvalue weighted by molar-refractivity contribution is 7.79. The minimum atomic E-state index is 0.811. The normalized spacial score (nSPS) is 8.67. The second-order valence-electron chi connectivity index (χ2n) is 2.16. The molecule has 0 bridgehead atoms. The van der Waals surface area contributed by atoms with E-state index in [1.54, 1.807) is 0 Å². The molecule has 0 spiro atoms. The van der Waals surface area contributed by atoms with Crippen LogP contribution < -0.4 is 0 Å². The smallest absolute Gasteiger partial charge is 0.0302 e. The first kappa shape index (κ1) is 11.5. The van der Waals surface area contributed by atoms with Gasteiger partial charge in [0, 0.05) is 18.1 Å². The van der Waals surface area contributed by atoms with Crippen molar-refractivity contribution in [1.82, 2.24) is 4.98 Å². The lowest BCUT2D eigenvalue weighted by Crippen LogP contribution is -1.89. The number of aromatic nitrogens is 1. The molecule has 0 fully saturated rings. The van der Waals surface area contributed by atoms with Crippen molar-refractivity contribution in [2.24, 2.45) is 0 Å². The predicted molar refractivity (Wildman–Crippen MR) is 57.7 cm³/mol. The molecule has 68 valence electrons. The van der Waals surface area contributed by atoms with Crippen LogP contribution in [0.4, 0.5) is 0 Å². The molecular weight excluding hydrogens is 166 g/mol. The van der Waals surface area contributed by atoms with Crippen LogP contribution in [0.2, 0.25) is 0 Å². The van der Waals surface area contributed by atoms with Gasteiger partial charge in [-0.05, 0) is 23.6 Å². The number of aryl methyl sites for hydroxylation is 1. The summed E-state index contributed by atoms with van der Waals surface area (Å²) in [7, 11) is 0. The lowest BCUT2D eigenvalue weighted by Gasteiger charge is -2.01. The SMILES string of the molecule is CC.CCc1cnccc1CS. The van der Waals surface area contributed by atoms with Crippen molar-refractivity contribution in [2.75, 3.05) is 0 Å². The molecule has 1 rings (SSSR count). The first-order valence-corrected chi connectivity index (χ1v) is 5.04. The first-order chi connectivity index (χ1) is 5.88. The molecule has 0 unspecified atom stereocenters. The number of hydrogen-bond acceptors (Lipinski definition) is 2. The third kappa shape index (κ3) is 3.26. The van der Waals surface area contributed by atoms with E-state index in [1.165, 1.54) is 11.1 Å². The summed E-state index contributed by atoms with van der Waals surface area (Å²) < 4.78 is 0. The zero-order valence-corrected chi connectivity index (χ0v) is 8.94. The van der Waals surface area contributed by atoms with Gasteiger partial charge in [-0.2, -0.15) is 12.6 Å². The molecule has 0 saturated carbocycles. The van der Waals surface area contributed by atoms with Crippen molar-refractivity contribution in [3.05, 3.63) is 29.6 Å². The molecule has 1 aromatic heterocycles. The summed E-state index contributed by atoms with van der Waals surface area (Å²) in [4.78, 5) is 4.03. The van der Waals surface area contributed by atoms with Crippen molar-refractivity contribution in [1.29, 1.82) is 0 Å². The minimum Gasteiger partial charge on any atom is -0.264 e. The number of hydrogen-bond donors (Lipinski definition) is 1. The quantitative estimate of drug-likeness (QED) is 0.695. The summed E-state index contributed by atoms with van der Waals surface area (Å²) in [5.41, 5.74) is 2.60. The summed E-state index contributed by atoms with van der Waals surface area (Å²) in [6.07, 6.45) is 4.76. The number of rotatable bonds is 2. The Hall–Kier alpha value is -0.500. The molecule has 1 aromatic rings. The van der Waals surface area contributed by atoms with Crippen LogP contribution in [0.3, 0.4) is 0 Å². The fourth-order valence-electron chi connectivity index (χ4n) is 0.929. The Balaban J connectivity index is 0.000000561. The molecule has 0 aliphatic rings. The second kappa shape index (κ2) is 7.17. The molecular formula is C10H17NS. The fraction of sp³-hybridized carbons (Fsp3) is 0.500. The Morgan fingerprint density at radius 3 is 2.42 bits per heavy atom. The van der Waals surface area contributed by atoms with Gasteiger partial charge in [-0.15, -0.1) is 0 Å². The maximum Gasteiger partial charge on any atom is 0.0302 e. The van der Waals surface area contributed by atoms with E-state index in [4.69, 9.17) is 0 Å². The Labute approximate surface area is 80.6 Å². The van der Waals surface area contributed by atoms with Gasteiger partial charge < -0.3 is 0 Å². The van der Waals surface area contributed by atoms with Crippen LogP contribution in [0.15, 0.2) is 18.5 Å². The molecule has 0 aliphatic heterocycles. The minimum absolute atomic E-state index is 0.811. The van der Waals surface area contributed by atoms with Crippen molar-refractivity contribution >= 4 is 12.6 Å². The van der Waals surface area contributed by atoms with Crippen LogP contribution in [0.5, 0.6) is 0 Å². The van der Waals surface area contributed by atoms with Crippen molar-refractivity contribution in [2.45, 2.75) is 32.9 Å². The topological polar surface area (TPSA) is 12.9 Å². The maximum absolute atomic E-state index is 4.21. The molecule has 1 nitrogen and oxygen atoms in total. The van der Waals surface area contributed by atoms with E-state index in [1.807, 2.05) is 32.3 Å². The molecule has 12 heavy (non-hydrogen) atoms. The Morgan fingerprint density at radius 2 is 2.00 bits per heavy atom. The monoisotopic (exact) mass is 183 g/mol. The van der Waals surface area contributed by atoms with Gasteiger partial charge in [0.1, 0.15) is 0 Å². The van der Waals surface area contributed by atoms with Crippen molar-refractivity contribution < 1.29 is 0 Å². The number of thiol groups is 1. The van der Waals surface area contributed by atoms with Crippen LogP contribution in [0, 0.1) is 0 Å². The van der Waals surface area contributed by atoms with Gasteiger partial charge in [-0.1, -0.05) is 20.8 Å². The lowest BCUT2D eigenvalue weighted by molar-refractivity contribution is 1.07. The summed E-state index contributed by atoms with van der Waals surface area (Å²) in [5, 5.41) is 0. The predicted octanol–water partition coefficient (Wildman–Crippen LogP) is 3.10. The average molecular weight is 183 g/mol. The van der Waals surface area contributed by atoms with E-state index in [9.17, 15) is 0 Å². The third-order valence-corrected chi connectivity index (χ3v) is 1.90. The van der Waals surface area contributed by atoms with Gasteiger partial charge in [0.05, 0.1) is 0 Å². The van der Waals surface area contributed by atoms with Crippen LogP contribution in [0.1, 0.15) is 31.9 Å². The van der Waals surface area contributed by atoms with Crippen LogP contribution in [0.25, 0.3) is 0 Å². The Bertz CT molecular complexity index is 188. The summed E-state index contributed by atoms with van der Waals surface area (Å²) in [5.74, 6) is 0.811. The van der Waals surface area contributed by atoms with E-state index < -0.39 is 0 Å². The molecule has 0 atom stereocenters. The van der Waals surface area contributed by atoms with E-state index in [-0.39, 0.29) is 0 Å². The van der Waals surface area contributed by atoms with E-state index in [2.05, 4.69) is 24.5 Å². The zero-order chi connectivity index (χ0) is 9.40.